The Bertz CT molecular complexity index is 859. The summed E-state index contributed by atoms with van der Waals surface area (Å²) in [4.78, 5) is 1.51. The molecule has 2 aromatic heterocycles. The van der Waals surface area contributed by atoms with Crippen LogP contribution in [0.2, 0.25) is 0 Å². The van der Waals surface area contributed by atoms with Crippen LogP contribution in [-0.4, -0.2) is 33.9 Å². The van der Waals surface area contributed by atoms with E-state index in [1.807, 2.05) is 33.4 Å². The molecule has 3 N–H and O–H groups in total. The molecule has 0 bridgehead atoms. The van der Waals surface area contributed by atoms with Crippen molar-refractivity contribution in [1.29, 1.82) is 5.41 Å². The first-order valence-electron chi connectivity index (χ1n) is 8.93. The largest absolute Gasteiger partial charge is 0.467 e. The number of fused-ring (bicyclic) bond motifs is 1. The van der Waals surface area contributed by atoms with Gasteiger partial charge in [0, 0.05) is 0 Å². The average molecular weight is 343 g/mol. The summed E-state index contributed by atoms with van der Waals surface area (Å²) in [7, 11) is 0. The predicted octanol–water partition coefficient (Wildman–Crippen LogP) is 1.17. The zero-order valence-corrected chi connectivity index (χ0v) is 14.9. The number of hydrogen-bond acceptors (Lipinski definition) is 3. The van der Waals surface area contributed by atoms with Crippen molar-refractivity contribution in [3.63, 3.8) is 0 Å². The van der Waals surface area contributed by atoms with Crippen LogP contribution in [0.5, 0.6) is 0 Å². The van der Waals surface area contributed by atoms with Crippen LogP contribution in [0, 0.1) is 5.41 Å². The first-order chi connectivity index (χ1) is 12.2. The smallest absolute Gasteiger partial charge is 0.203 e. The van der Waals surface area contributed by atoms with Crippen molar-refractivity contribution in [1.82, 2.24) is 9.13 Å². The van der Waals surface area contributed by atoms with Crippen LogP contribution in [0.25, 0.3) is 11.0 Å². The zero-order chi connectivity index (χ0) is 17.8. The van der Waals surface area contributed by atoms with Gasteiger partial charge in [0.2, 0.25) is 5.62 Å². The van der Waals surface area contributed by atoms with E-state index in [-0.39, 0.29) is 0 Å². The summed E-state index contributed by atoms with van der Waals surface area (Å²) in [6, 6.07) is 11.5. The fourth-order valence-electron chi connectivity index (χ4n) is 3.32. The summed E-state index contributed by atoms with van der Waals surface area (Å²) in [6.45, 7) is 8.62. The molecule has 3 aromatic rings. The van der Waals surface area contributed by atoms with E-state index in [1.165, 1.54) is 4.90 Å². The van der Waals surface area contributed by atoms with Crippen LogP contribution in [0.15, 0.2) is 47.1 Å². The van der Waals surface area contributed by atoms with E-state index < -0.39 is 6.10 Å². The lowest BCUT2D eigenvalue weighted by Gasteiger charge is -2.15. The fraction of sp³-hybridized carbons (Fsp3) is 0.421. The van der Waals surface area contributed by atoms with E-state index >= 15 is 0 Å². The number of nitrogens with one attached hydrogen (secondary N) is 2. The molecule has 6 nitrogen and oxygen atoms in total. The maximum Gasteiger partial charge on any atom is 0.203 e. The average Bonchev–Trinajstić information content (AvgIpc) is 3.25. The van der Waals surface area contributed by atoms with Crippen LogP contribution in [0.4, 0.5) is 0 Å². The molecule has 6 heteroatoms. The lowest BCUT2D eigenvalue weighted by molar-refractivity contribution is -0.897. The van der Waals surface area contributed by atoms with Gasteiger partial charge in [-0.1, -0.05) is 12.1 Å². The second-order valence-electron chi connectivity index (χ2n) is 6.31. The van der Waals surface area contributed by atoms with Gasteiger partial charge in [0.1, 0.15) is 11.9 Å². The van der Waals surface area contributed by atoms with Crippen molar-refractivity contribution < 1.29 is 14.4 Å². The number of hydrogen-bond donors (Lipinski definition) is 3. The van der Waals surface area contributed by atoms with E-state index in [4.69, 9.17) is 9.83 Å². The Labute approximate surface area is 147 Å². The minimum atomic E-state index is -0.767. The minimum Gasteiger partial charge on any atom is -0.467 e. The molecular formula is C19H27N4O2+. The number of imidazole rings is 1. The quantitative estimate of drug-likeness (QED) is 0.575. The van der Waals surface area contributed by atoms with Crippen molar-refractivity contribution in [2.24, 2.45) is 0 Å². The number of benzene rings is 1. The fourth-order valence-corrected chi connectivity index (χ4v) is 3.32. The van der Waals surface area contributed by atoms with Gasteiger partial charge in [-0.3, -0.25) is 5.41 Å². The van der Waals surface area contributed by atoms with Crippen molar-refractivity contribution in [2.75, 3.05) is 19.6 Å². The van der Waals surface area contributed by atoms with Crippen molar-refractivity contribution >= 4 is 11.0 Å². The lowest BCUT2D eigenvalue weighted by Crippen LogP contribution is -3.11. The van der Waals surface area contributed by atoms with Crippen LogP contribution < -0.4 is 10.5 Å². The highest BCUT2D eigenvalue weighted by atomic mass is 16.4. The molecule has 0 saturated carbocycles. The second kappa shape index (κ2) is 7.72. The number of para-hydroxylation sites is 2. The zero-order valence-electron chi connectivity index (χ0n) is 14.9. The van der Waals surface area contributed by atoms with Crippen LogP contribution >= 0.6 is 0 Å². The molecule has 1 aromatic carbocycles. The van der Waals surface area contributed by atoms with Crippen molar-refractivity contribution in [3.8, 4) is 0 Å². The monoisotopic (exact) mass is 343 g/mol. The Hall–Kier alpha value is -2.31. The molecule has 1 unspecified atom stereocenters. The molecule has 0 aliphatic rings. The van der Waals surface area contributed by atoms with Gasteiger partial charge in [-0.2, -0.15) is 0 Å². The van der Waals surface area contributed by atoms with Gasteiger partial charge in [-0.25, -0.2) is 0 Å². The topological polar surface area (TPSA) is 71.5 Å². The molecule has 2 heterocycles. The van der Waals surface area contributed by atoms with E-state index in [9.17, 15) is 5.11 Å². The van der Waals surface area contributed by atoms with Gasteiger partial charge in [-0.15, -0.1) is 0 Å². The Balaban J connectivity index is 1.93. The van der Waals surface area contributed by atoms with E-state index in [2.05, 4.69) is 13.8 Å². The molecule has 0 fully saturated rings. The number of aromatic nitrogens is 2. The van der Waals surface area contributed by atoms with Gasteiger partial charge in [0.25, 0.3) is 0 Å². The first kappa shape index (κ1) is 17.5. The number of quaternary nitrogens is 1. The summed E-state index contributed by atoms with van der Waals surface area (Å²) in [6.07, 6.45) is 0.790. The van der Waals surface area contributed by atoms with Gasteiger partial charge in [-0.05, 0) is 38.1 Å². The van der Waals surface area contributed by atoms with Gasteiger partial charge >= 0.3 is 0 Å². The highest BCUT2D eigenvalue weighted by Crippen LogP contribution is 2.18. The molecule has 134 valence electrons. The number of aliphatic hydroxyl groups excluding tert-OH is 1. The third-order valence-electron chi connectivity index (χ3n) is 4.89. The van der Waals surface area contributed by atoms with Gasteiger partial charge < -0.3 is 23.6 Å². The number of aliphatic hydroxyl groups is 1. The molecule has 0 saturated heterocycles. The molecule has 0 aliphatic heterocycles. The summed E-state index contributed by atoms with van der Waals surface area (Å²) in [5.74, 6) is 0.524. The predicted molar refractivity (Wildman–Crippen MR) is 96.4 cm³/mol. The van der Waals surface area contributed by atoms with Gasteiger partial charge in [0.05, 0.1) is 50.0 Å². The Morgan fingerprint density at radius 1 is 1.08 bits per heavy atom. The van der Waals surface area contributed by atoms with E-state index in [1.54, 1.807) is 18.4 Å². The number of furan rings is 1. The van der Waals surface area contributed by atoms with Crippen LogP contribution in [-0.2, 0) is 13.1 Å². The molecule has 3 rings (SSSR count). The molecule has 0 aliphatic carbocycles. The van der Waals surface area contributed by atoms with Crippen molar-refractivity contribution in [2.45, 2.75) is 33.0 Å². The van der Waals surface area contributed by atoms with Crippen LogP contribution in [0.3, 0.4) is 0 Å². The summed E-state index contributed by atoms with van der Waals surface area (Å²) in [5, 5.41) is 19.1. The Kier molecular flexibility index (Phi) is 5.40. The molecule has 0 spiro atoms. The van der Waals surface area contributed by atoms with Gasteiger partial charge in [0.15, 0.2) is 0 Å². The standard InChI is InChI=1S/C19H26N4O2/c1-3-21(4-2)11-12-22-15-8-5-6-9-16(15)23(19(22)20)14-17(24)18-10-7-13-25-18/h5-10,13,17,20,24H,3-4,11-12,14H2,1-2H3/p+1. The maximum atomic E-state index is 10.4. The molecule has 0 amide bonds. The summed E-state index contributed by atoms with van der Waals surface area (Å²) >= 11 is 0. The molecule has 1 atom stereocenters. The number of likely N-dealkylation sites (N-methyl/N-ethyl adjacent to an activating group) is 1. The lowest BCUT2D eigenvalue weighted by atomic mass is 10.2. The maximum absolute atomic E-state index is 10.4. The van der Waals surface area contributed by atoms with Crippen LogP contribution in [0.1, 0.15) is 25.7 Å². The minimum absolute atomic E-state index is 0.304. The highest BCUT2D eigenvalue weighted by Gasteiger charge is 2.17. The summed E-state index contributed by atoms with van der Waals surface area (Å²) in [5.41, 5.74) is 2.41. The number of rotatable bonds is 8. The number of nitrogens with zero attached hydrogens (tertiary/aromatic N) is 2. The second-order valence-corrected chi connectivity index (χ2v) is 6.31. The van der Waals surface area contributed by atoms with Crippen molar-refractivity contribution in [3.05, 3.63) is 54.0 Å². The normalized spacial score (nSPS) is 13.0. The highest BCUT2D eigenvalue weighted by molar-refractivity contribution is 5.75. The third kappa shape index (κ3) is 3.55. The third-order valence-corrected chi connectivity index (χ3v) is 4.89. The van der Waals surface area contributed by atoms with E-state index in [0.717, 1.165) is 37.2 Å². The molecule has 0 radical (unpaired) electrons. The Morgan fingerprint density at radius 2 is 1.76 bits per heavy atom. The SMILES string of the molecule is CC[NH+](CC)CCn1c(=N)n(CC(O)c2ccco2)c2ccccc21. The summed E-state index contributed by atoms with van der Waals surface area (Å²) < 4.78 is 9.20. The molecular weight excluding hydrogens is 316 g/mol. The van der Waals surface area contributed by atoms with E-state index in [0.29, 0.717) is 17.9 Å². The Morgan fingerprint density at radius 3 is 2.36 bits per heavy atom. The molecule has 25 heavy (non-hydrogen) atoms. The first-order valence-corrected chi connectivity index (χ1v) is 8.93.